The van der Waals surface area contributed by atoms with Gasteiger partial charge in [-0.3, -0.25) is 4.98 Å². The van der Waals surface area contributed by atoms with Crippen molar-refractivity contribution in [3.05, 3.63) is 64.7 Å². The maximum Gasteiger partial charge on any atom is 0.123 e. The molecule has 0 saturated heterocycles. The predicted molar refractivity (Wildman–Crippen MR) is 80.2 cm³/mol. The number of hydrogen-bond acceptors (Lipinski definition) is 2. The molecule has 0 aliphatic rings. The summed E-state index contributed by atoms with van der Waals surface area (Å²) in [5.74, 6) is -0.177. The van der Waals surface area contributed by atoms with Gasteiger partial charge in [-0.15, -0.1) is 0 Å². The summed E-state index contributed by atoms with van der Waals surface area (Å²) in [7, 11) is 0. The Morgan fingerprint density at radius 2 is 2.05 bits per heavy atom. The zero-order chi connectivity index (χ0) is 14.5. The third-order valence-corrected chi connectivity index (χ3v) is 3.60. The summed E-state index contributed by atoms with van der Waals surface area (Å²) < 4.78 is 13.2. The van der Waals surface area contributed by atoms with Crippen molar-refractivity contribution >= 4 is 0 Å². The summed E-state index contributed by atoms with van der Waals surface area (Å²) in [5.41, 5.74) is 4.41. The number of pyridine rings is 1. The Labute approximate surface area is 120 Å². The number of likely N-dealkylation sites (N-methyl/N-ethyl adjacent to an activating group) is 1. The molecule has 20 heavy (non-hydrogen) atoms. The fraction of sp³-hybridized carbons (Fsp3) is 0.353. The maximum atomic E-state index is 13.2. The van der Waals surface area contributed by atoms with E-state index in [0.29, 0.717) is 0 Å². The molecule has 0 aliphatic heterocycles. The molecule has 2 nitrogen and oxygen atoms in total. The Morgan fingerprint density at radius 1 is 1.25 bits per heavy atom. The van der Waals surface area contributed by atoms with E-state index in [-0.39, 0.29) is 11.9 Å². The minimum atomic E-state index is -0.177. The van der Waals surface area contributed by atoms with E-state index in [2.05, 4.69) is 23.3 Å². The number of nitrogens with zero attached hydrogens (tertiary/aromatic N) is 1. The highest BCUT2D eigenvalue weighted by atomic mass is 19.1. The standard InChI is InChI=1S/C17H21FN2/c1-4-19-17(16-6-5-9-20-13(16)3)11-14-7-8-15(18)10-12(14)2/h5-10,17,19H,4,11H2,1-3H3. The quantitative estimate of drug-likeness (QED) is 0.897. The van der Waals surface area contributed by atoms with Crippen LogP contribution in [0.4, 0.5) is 4.39 Å². The average Bonchev–Trinajstić information content (AvgIpc) is 2.42. The Bertz CT molecular complexity index is 581. The lowest BCUT2D eigenvalue weighted by Gasteiger charge is -2.21. The van der Waals surface area contributed by atoms with Crippen molar-refractivity contribution in [3.63, 3.8) is 0 Å². The van der Waals surface area contributed by atoms with Crippen LogP contribution in [0, 0.1) is 19.7 Å². The molecule has 0 saturated carbocycles. The molecular weight excluding hydrogens is 251 g/mol. The minimum Gasteiger partial charge on any atom is -0.310 e. The number of benzene rings is 1. The molecule has 0 bridgehead atoms. The average molecular weight is 272 g/mol. The van der Waals surface area contributed by atoms with Gasteiger partial charge >= 0.3 is 0 Å². The van der Waals surface area contributed by atoms with E-state index in [4.69, 9.17) is 0 Å². The van der Waals surface area contributed by atoms with Gasteiger partial charge < -0.3 is 5.32 Å². The molecule has 2 aromatic rings. The van der Waals surface area contributed by atoms with Crippen LogP contribution in [0.5, 0.6) is 0 Å². The summed E-state index contributed by atoms with van der Waals surface area (Å²) in [6.45, 7) is 6.96. The van der Waals surface area contributed by atoms with Gasteiger partial charge in [0, 0.05) is 17.9 Å². The fourth-order valence-electron chi connectivity index (χ4n) is 2.51. The van der Waals surface area contributed by atoms with E-state index in [1.165, 1.54) is 17.2 Å². The Balaban J connectivity index is 2.28. The number of hydrogen-bond donors (Lipinski definition) is 1. The van der Waals surface area contributed by atoms with Gasteiger partial charge in [0.05, 0.1) is 0 Å². The van der Waals surface area contributed by atoms with E-state index >= 15 is 0 Å². The van der Waals surface area contributed by atoms with Crippen molar-refractivity contribution in [1.29, 1.82) is 0 Å². The van der Waals surface area contributed by atoms with Gasteiger partial charge in [0.2, 0.25) is 0 Å². The molecule has 1 unspecified atom stereocenters. The monoisotopic (exact) mass is 272 g/mol. The lowest BCUT2D eigenvalue weighted by atomic mass is 9.95. The highest BCUT2D eigenvalue weighted by Gasteiger charge is 2.15. The largest absolute Gasteiger partial charge is 0.310 e. The van der Waals surface area contributed by atoms with Crippen molar-refractivity contribution in [2.24, 2.45) is 0 Å². The number of aryl methyl sites for hydroxylation is 2. The van der Waals surface area contributed by atoms with Gasteiger partial charge in [0.25, 0.3) is 0 Å². The lowest BCUT2D eigenvalue weighted by Crippen LogP contribution is -2.24. The smallest absolute Gasteiger partial charge is 0.123 e. The topological polar surface area (TPSA) is 24.9 Å². The van der Waals surface area contributed by atoms with Gasteiger partial charge in [0.1, 0.15) is 5.82 Å². The first-order chi connectivity index (χ1) is 9.61. The van der Waals surface area contributed by atoms with Crippen LogP contribution < -0.4 is 5.32 Å². The molecule has 1 atom stereocenters. The molecule has 106 valence electrons. The van der Waals surface area contributed by atoms with Crippen LogP contribution in [-0.4, -0.2) is 11.5 Å². The molecule has 0 aliphatic carbocycles. The second kappa shape index (κ2) is 6.62. The number of halogens is 1. The molecule has 2 rings (SSSR count). The van der Waals surface area contributed by atoms with Crippen LogP contribution in [-0.2, 0) is 6.42 Å². The molecule has 0 radical (unpaired) electrons. The van der Waals surface area contributed by atoms with Gasteiger partial charge in [-0.2, -0.15) is 0 Å². The Kier molecular flexibility index (Phi) is 4.85. The highest BCUT2D eigenvalue weighted by Crippen LogP contribution is 2.22. The Morgan fingerprint density at radius 3 is 2.70 bits per heavy atom. The molecule has 0 spiro atoms. The van der Waals surface area contributed by atoms with Crippen molar-refractivity contribution < 1.29 is 4.39 Å². The van der Waals surface area contributed by atoms with Crippen LogP contribution in [0.1, 0.15) is 35.3 Å². The van der Waals surface area contributed by atoms with Crippen molar-refractivity contribution in [1.82, 2.24) is 10.3 Å². The Hall–Kier alpha value is -1.74. The van der Waals surface area contributed by atoms with Crippen LogP contribution in [0.25, 0.3) is 0 Å². The zero-order valence-corrected chi connectivity index (χ0v) is 12.3. The molecule has 1 heterocycles. The number of rotatable bonds is 5. The molecule has 1 aromatic heterocycles. The van der Waals surface area contributed by atoms with Gasteiger partial charge in [-0.05, 0) is 61.7 Å². The van der Waals surface area contributed by atoms with Crippen molar-refractivity contribution in [2.75, 3.05) is 6.54 Å². The van der Waals surface area contributed by atoms with E-state index < -0.39 is 0 Å². The van der Waals surface area contributed by atoms with Crippen LogP contribution in [0.15, 0.2) is 36.5 Å². The normalized spacial score (nSPS) is 12.4. The number of nitrogens with one attached hydrogen (secondary N) is 1. The molecule has 0 amide bonds. The van der Waals surface area contributed by atoms with Gasteiger partial charge in [-0.1, -0.05) is 19.1 Å². The highest BCUT2D eigenvalue weighted by molar-refractivity contribution is 5.31. The van der Waals surface area contributed by atoms with E-state index in [1.54, 1.807) is 6.07 Å². The molecule has 0 fully saturated rings. The summed E-state index contributed by atoms with van der Waals surface area (Å²) in [6, 6.07) is 9.27. The molecule has 1 aromatic carbocycles. The van der Waals surface area contributed by atoms with Crippen molar-refractivity contribution in [2.45, 2.75) is 33.2 Å². The number of aromatic nitrogens is 1. The SMILES string of the molecule is CCNC(Cc1ccc(F)cc1C)c1cccnc1C. The summed E-state index contributed by atoms with van der Waals surface area (Å²) in [6.07, 6.45) is 2.65. The lowest BCUT2D eigenvalue weighted by molar-refractivity contribution is 0.543. The first kappa shape index (κ1) is 14.7. The fourth-order valence-corrected chi connectivity index (χ4v) is 2.51. The van der Waals surface area contributed by atoms with E-state index in [9.17, 15) is 4.39 Å². The van der Waals surface area contributed by atoms with Crippen molar-refractivity contribution in [3.8, 4) is 0 Å². The summed E-state index contributed by atoms with van der Waals surface area (Å²) in [5, 5.41) is 3.50. The first-order valence-electron chi connectivity index (χ1n) is 7.01. The summed E-state index contributed by atoms with van der Waals surface area (Å²) >= 11 is 0. The zero-order valence-electron chi connectivity index (χ0n) is 12.3. The first-order valence-corrected chi connectivity index (χ1v) is 7.01. The summed E-state index contributed by atoms with van der Waals surface area (Å²) in [4.78, 5) is 4.36. The third kappa shape index (κ3) is 3.42. The molecule has 1 N–H and O–H groups in total. The van der Waals surface area contributed by atoms with E-state index in [1.807, 2.05) is 32.2 Å². The van der Waals surface area contributed by atoms with E-state index in [0.717, 1.165) is 24.2 Å². The van der Waals surface area contributed by atoms with Gasteiger partial charge in [0.15, 0.2) is 0 Å². The molecular formula is C17H21FN2. The van der Waals surface area contributed by atoms with Crippen LogP contribution in [0.3, 0.4) is 0 Å². The molecule has 3 heteroatoms. The maximum absolute atomic E-state index is 13.2. The minimum absolute atomic E-state index is 0.177. The van der Waals surface area contributed by atoms with Crippen LogP contribution in [0.2, 0.25) is 0 Å². The predicted octanol–water partition coefficient (Wildman–Crippen LogP) is 3.73. The second-order valence-corrected chi connectivity index (χ2v) is 5.06. The third-order valence-electron chi connectivity index (χ3n) is 3.60. The second-order valence-electron chi connectivity index (χ2n) is 5.06. The van der Waals surface area contributed by atoms with Crippen LogP contribution >= 0.6 is 0 Å². The van der Waals surface area contributed by atoms with Gasteiger partial charge in [-0.25, -0.2) is 4.39 Å².